The summed E-state index contributed by atoms with van der Waals surface area (Å²) in [6, 6.07) is 11.9. The monoisotopic (exact) mass is 471 g/mol. The van der Waals surface area contributed by atoms with E-state index >= 15 is 0 Å². The Balaban J connectivity index is 1.54. The van der Waals surface area contributed by atoms with E-state index in [4.69, 9.17) is 11.6 Å². The van der Waals surface area contributed by atoms with Crippen LogP contribution in [0.15, 0.2) is 58.3 Å². The molecule has 0 atom stereocenters. The predicted molar refractivity (Wildman–Crippen MR) is 113 cm³/mol. The minimum atomic E-state index is -3.82. The molecule has 2 N–H and O–H groups in total. The molecule has 0 bridgehead atoms. The molecule has 1 aliphatic rings. The molecule has 1 aliphatic carbocycles. The average Bonchev–Trinajstić information content (AvgIpc) is 3.50. The molecule has 162 valence electrons. The van der Waals surface area contributed by atoms with E-state index < -0.39 is 26.0 Å². The molecular weight excluding hydrogens is 450 g/mol. The highest BCUT2D eigenvalue weighted by Gasteiger charge is 2.28. The van der Waals surface area contributed by atoms with E-state index in [1.807, 2.05) is 0 Å². The average molecular weight is 472 g/mol. The maximum absolute atomic E-state index is 12.5. The molecule has 0 radical (unpaired) electrons. The fourth-order valence-electron chi connectivity index (χ4n) is 2.61. The van der Waals surface area contributed by atoms with Gasteiger partial charge in [0.15, 0.2) is 0 Å². The lowest BCUT2D eigenvalue weighted by Gasteiger charge is -2.17. The zero-order chi connectivity index (χ0) is 21.9. The van der Waals surface area contributed by atoms with Crippen LogP contribution in [0.4, 0.5) is 0 Å². The van der Waals surface area contributed by atoms with Gasteiger partial charge in [-0.3, -0.25) is 4.79 Å². The van der Waals surface area contributed by atoms with Crippen LogP contribution >= 0.6 is 11.6 Å². The van der Waals surface area contributed by atoms with Crippen LogP contribution in [-0.4, -0.2) is 46.7 Å². The van der Waals surface area contributed by atoms with Gasteiger partial charge in [0, 0.05) is 24.7 Å². The Kier molecular flexibility index (Phi) is 6.83. The van der Waals surface area contributed by atoms with Gasteiger partial charge < -0.3 is 5.32 Å². The van der Waals surface area contributed by atoms with Crippen LogP contribution in [-0.2, 0) is 31.4 Å². The van der Waals surface area contributed by atoms with E-state index in [1.165, 1.54) is 43.4 Å². The van der Waals surface area contributed by atoms with Crippen molar-refractivity contribution >= 4 is 37.6 Å². The lowest BCUT2D eigenvalue weighted by molar-refractivity contribution is -0.121. The van der Waals surface area contributed by atoms with E-state index in [0.717, 1.165) is 17.1 Å². The summed E-state index contributed by atoms with van der Waals surface area (Å²) in [7, 11) is -6.03. The van der Waals surface area contributed by atoms with Crippen molar-refractivity contribution in [3.8, 4) is 0 Å². The SMILES string of the molecule is CN(CC(=O)NCc1ccc(S(=O)(=O)NC2CC2)cc1)S(=O)(=O)c1ccc(Cl)cc1. The highest BCUT2D eigenvalue weighted by Crippen LogP contribution is 2.22. The van der Waals surface area contributed by atoms with Crippen LogP contribution in [0.1, 0.15) is 18.4 Å². The van der Waals surface area contributed by atoms with Crippen molar-refractivity contribution in [3.63, 3.8) is 0 Å². The first kappa shape index (κ1) is 22.7. The van der Waals surface area contributed by atoms with Gasteiger partial charge in [0.2, 0.25) is 26.0 Å². The maximum atomic E-state index is 12.5. The molecule has 0 aliphatic heterocycles. The largest absolute Gasteiger partial charge is 0.351 e. The second-order valence-corrected chi connectivity index (χ2v) is 11.2. The number of nitrogens with one attached hydrogen (secondary N) is 2. The number of rotatable bonds is 9. The number of likely N-dealkylation sites (N-methyl/N-ethyl adjacent to an activating group) is 1. The molecule has 0 aromatic heterocycles. The van der Waals surface area contributed by atoms with E-state index in [1.54, 1.807) is 12.1 Å². The van der Waals surface area contributed by atoms with Crippen molar-refractivity contribution < 1.29 is 21.6 Å². The van der Waals surface area contributed by atoms with Gasteiger partial charge in [0.05, 0.1) is 16.3 Å². The Bertz CT molecular complexity index is 1110. The van der Waals surface area contributed by atoms with Gasteiger partial charge >= 0.3 is 0 Å². The number of carbonyl (C=O) groups excluding carboxylic acids is 1. The van der Waals surface area contributed by atoms with Gasteiger partial charge in [0.25, 0.3) is 0 Å². The summed E-state index contributed by atoms with van der Waals surface area (Å²) in [5.41, 5.74) is 0.692. The third kappa shape index (κ3) is 5.79. The molecule has 0 spiro atoms. The van der Waals surface area contributed by atoms with Gasteiger partial charge in [-0.25, -0.2) is 21.6 Å². The van der Waals surface area contributed by atoms with Crippen LogP contribution in [0, 0.1) is 0 Å². The van der Waals surface area contributed by atoms with Crippen molar-refractivity contribution in [1.82, 2.24) is 14.3 Å². The summed E-state index contributed by atoms with van der Waals surface area (Å²) in [6.07, 6.45) is 1.71. The normalized spacial score (nSPS) is 14.6. The molecule has 2 aromatic carbocycles. The Labute approximate surface area is 181 Å². The van der Waals surface area contributed by atoms with Crippen LogP contribution in [0.5, 0.6) is 0 Å². The summed E-state index contributed by atoms with van der Waals surface area (Å²) in [5.74, 6) is -0.484. The van der Waals surface area contributed by atoms with Gasteiger partial charge in [0.1, 0.15) is 0 Å². The number of hydrogen-bond donors (Lipinski definition) is 2. The minimum absolute atomic E-state index is 0.0232. The van der Waals surface area contributed by atoms with Gasteiger partial charge in [-0.15, -0.1) is 0 Å². The summed E-state index contributed by atoms with van der Waals surface area (Å²) < 4.78 is 52.9. The quantitative estimate of drug-likeness (QED) is 0.578. The summed E-state index contributed by atoms with van der Waals surface area (Å²) in [4.78, 5) is 12.4. The molecule has 1 saturated carbocycles. The highest BCUT2D eigenvalue weighted by molar-refractivity contribution is 7.89. The van der Waals surface area contributed by atoms with E-state index in [9.17, 15) is 21.6 Å². The lowest BCUT2D eigenvalue weighted by atomic mass is 10.2. The van der Waals surface area contributed by atoms with Crippen molar-refractivity contribution in [2.75, 3.05) is 13.6 Å². The molecule has 8 nitrogen and oxygen atoms in total. The van der Waals surface area contributed by atoms with Crippen LogP contribution in [0.2, 0.25) is 5.02 Å². The molecule has 11 heteroatoms. The number of hydrogen-bond acceptors (Lipinski definition) is 5. The van der Waals surface area contributed by atoms with E-state index in [0.29, 0.717) is 10.6 Å². The predicted octanol–water partition coefficient (Wildman–Crippen LogP) is 1.72. The summed E-state index contributed by atoms with van der Waals surface area (Å²) in [6.45, 7) is -0.215. The standard InChI is InChI=1S/C19H22ClN3O5S2/c1-23(30(27,28)18-10-4-15(20)5-11-18)13-19(24)21-12-14-2-8-17(9-3-14)29(25,26)22-16-6-7-16/h2-5,8-11,16,22H,6-7,12-13H2,1H3,(H,21,24). The molecule has 3 rings (SSSR count). The summed E-state index contributed by atoms with van der Waals surface area (Å²) in [5, 5.41) is 3.05. The second kappa shape index (κ2) is 9.03. The van der Waals surface area contributed by atoms with Crippen LogP contribution in [0.25, 0.3) is 0 Å². The topological polar surface area (TPSA) is 113 Å². The fourth-order valence-corrected chi connectivity index (χ4v) is 5.16. The molecule has 0 heterocycles. The van der Waals surface area contributed by atoms with Gasteiger partial charge in [-0.1, -0.05) is 23.7 Å². The first-order chi connectivity index (χ1) is 14.1. The van der Waals surface area contributed by atoms with Crippen molar-refractivity contribution in [2.24, 2.45) is 0 Å². The molecule has 0 saturated heterocycles. The number of halogens is 1. The lowest BCUT2D eigenvalue weighted by Crippen LogP contribution is -2.38. The Hall–Kier alpha value is -1.98. The molecular formula is C19H22ClN3O5S2. The second-order valence-electron chi connectivity index (χ2n) is 7.03. The number of carbonyl (C=O) groups is 1. The Morgan fingerprint density at radius 2 is 1.57 bits per heavy atom. The van der Waals surface area contributed by atoms with E-state index in [2.05, 4.69) is 10.0 Å². The number of benzene rings is 2. The number of sulfonamides is 2. The Morgan fingerprint density at radius 1 is 1.00 bits per heavy atom. The molecule has 1 fully saturated rings. The third-order valence-electron chi connectivity index (χ3n) is 4.51. The van der Waals surface area contributed by atoms with Gasteiger partial charge in [-0.05, 0) is 54.8 Å². The van der Waals surface area contributed by atoms with Crippen molar-refractivity contribution in [2.45, 2.75) is 35.2 Å². The highest BCUT2D eigenvalue weighted by atomic mass is 35.5. The number of nitrogens with zero attached hydrogens (tertiary/aromatic N) is 1. The molecule has 2 aromatic rings. The van der Waals surface area contributed by atoms with Crippen molar-refractivity contribution in [3.05, 3.63) is 59.1 Å². The maximum Gasteiger partial charge on any atom is 0.243 e. The van der Waals surface area contributed by atoms with Crippen LogP contribution in [0.3, 0.4) is 0 Å². The first-order valence-corrected chi connectivity index (χ1v) is 12.5. The first-order valence-electron chi connectivity index (χ1n) is 9.18. The zero-order valence-electron chi connectivity index (χ0n) is 16.2. The third-order valence-corrected chi connectivity index (χ3v) is 8.12. The number of amides is 1. The van der Waals surface area contributed by atoms with E-state index in [-0.39, 0.29) is 28.9 Å². The molecule has 1 amide bonds. The zero-order valence-corrected chi connectivity index (χ0v) is 18.6. The fraction of sp³-hybridized carbons (Fsp3) is 0.316. The summed E-state index contributed by atoms with van der Waals surface area (Å²) >= 11 is 5.78. The molecule has 30 heavy (non-hydrogen) atoms. The minimum Gasteiger partial charge on any atom is -0.351 e. The molecule has 0 unspecified atom stereocenters. The van der Waals surface area contributed by atoms with Crippen molar-refractivity contribution in [1.29, 1.82) is 0 Å². The van der Waals surface area contributed by atoms with Gasteiger partial charge in [-0.2, -0.15) is 4.31 Å². The van der Waals surface area contributed by atoms with Crippen LogP contribution < -0.4 is 10.0 Å². The smallest absolute Gasteiger partial charge is 0.243 e. The Morgan fingerprint density at radius 3 is 2.13 bits per heavy atom.